The van der Waals surface area contributed by atoms with Crippen LogP contribution in [0.25, 0.3) is 32.9 Å². The molecule has 7 rings (SSSR count). The van der Waals surface area contributed by atoms with Crippen molar-refractivity contribution < 1.29 is 28.2 Å². The van der Waals surface area contributed by atoms with Crippen molar-refractivity contribution in [3.05, 3.63) is 48.2 Å². The van der Waals surface area contributed by atoms with E-state index in [9.17, 15) is 14.3 Å². The Hall–Kier alpha value is -4.20. The average molecular weight is 662 g/mol. The molecule has 0 bridgehead atoms. The number of nitrogens with zero attached hydrogens (tertiary/aromatic N) is 4. The summed E-state index contributed by atoms with van der Waals surface area (Å²) in [5.41, 5.74) is 5.73. The molecule has 11 nitrogen and oxygen atoms in total. The van der Waals surface area contributed by atoms with Crippen LogP contribution in [-0.4, -0.2) is 87.4 Å². The number of phenolic OH excluding ortho intramolecular Hbond substituents is 1. The molecule has 0 spiro atoms. The van der Waals surface area contributed by atoms with Crippen LogP contribution in [0.5, 0.6) is 11.8 Å². The van der Waals surface area contributed by atoms with Gasteiger partial charge in [0.1, 0.15) is 35.2 Å². The number of phenols is 1. The first-order chi connectivity index (χ1) is 23.2. The number of hydrogen-bond acceptors (Lipinski definition) is 10. The zero-order chi connectivity index (χ0) is 33.4. The minimum absolute atomic E-state index is 0.00364. The number of anilines is 1. The third kappa shape index (κ3) is 6.58. The summed E-state index contributed by atoms with van der Waals surface area (Å²) in [7, 11) is 0. The number of fused-ring (bicyclic) bond motifs is 3. The van der Waals surface area contributed by atoms with E-state index in [1.165, 1.54) is 43.3 Å². The molecule has 3 aliphatic rings. The van der Waals surface area contributed by atoms with Gasteiger partial charge < -0.3 is 30.9 Å². The van der Waals surface area contributed by atoms with Crippen molar-refractivity contribution in [1.82, 2.24) is 30.5 Å². The number of carbonyl (C=O) groups is 1. The van der Waals surface area contributed by atoms with Crippen LogP contribution in [0.1, 0.15) is 51.9 Å². The van der Waals surface area contributed by atoms with Crippen molar-refractivity contribution in [2.24, 2.45) is 0 Å². The van der Waals surface area contributed by atoms with Gasteiger partial charge in [-0.2, -0.15) is 9.97 Å². The maximum absolute atomic E-state index is 16.1. The van der Waals surface area contributed by atoms with E-state index in [0.29, 0.717) is 31.0 Å². The summed E-state index contributed by atoms with van der Waals surface area (Å²) in [5.74, 6) is -1.51. The average Bonchev–Trinajstić information content (AvgIpc) is 3.69. The molecule has 1 aliphatic carbocycles. The third-order valence-electron chi connectivity index (χ3n) is 9.85. The van der Waals surface area contributed by atoms with Gasteiger partial charge in [-0.25, -0.2) is 8.78 Å². The van der Waals surface area contributed by atoms with Gasteiger partial charge in [-0.15, -0.1) is 0 Å². The first kappa shape index (κ1) is 32.4. The van der Waals surface area contributed by atoms with Crippen molar-refractivity contribution in [3.63, 3.8) is 0 Å². The summed E-state index contributed by atoms with van der Waals surface area (Å²) < 4.78 is 43.3. The molecule has 3 atom stereocenters. The van der Waals surface area contributed by atoms with Crippen molar-refractivity contribution >= 4 is 33.4 Å². The third-order valence-corrected chi connectivity index (χ3v) is 9.85. The van der Waals surface area contributed by atoms with Crippen molar-refractivity contribution in [2.45, 2.75) is 75.6 Å². The number of pyridine rings is 1. The largest absolute Gasteiger partial charge is 0.508 e. The molecular weight excluding hydrogens is 620 g/mol. The maximum Gasteiger partial charge on any atom is 0.319 e. The summed E-state index contributed by atoms with van der Waals surface area (Å²) in [5, 5.41) is 17.5. The van der Waals surface area contributed by atoms with Crippen LogP contribution in [0.2, 0.25) is 0 Å². The van der Waals surface area contributed by atoms with Crippen LogP contribution in [0.4, 0.5) is 14.6 Å². The Kier molecular flexibility index (Phi) is 9.01. The molecule has 1 saturated carbocycles. The van der Waals surface area contributed by atoms with Crippen molar-refractivity contribution in [3.8, 4) is 23.0 Å². The van der Waals surface area contributed by atoms with Crippen LogP contribution in [0, 0.1) is 11.6 Å². The molecule has 254 valence electrons. The van der Waals surface area contributed by atoms with E-state index >= 15 is 4.39 Å². The maximum atomic E-state index is 16.1. The molecule has 3 unspecified atom stereocenters. The van der Waals surface area contributed by atoms with Gasteiger partial charge in [-0.1, -0.05) is 19.1 Å². The van der Waals surface area contributed by atoms with Gasteiger partial charge in [-0.05, 0) is 68.7 Å². The number of hydrogen-bond donors (Lipinski definition) is 4. The topological polar surface area (TPSA) is 148 Å². The highest BCUT2D eigenvalue weighted by molar-refractivity contribution is 6.00. The SMILES string of the molecule is CCC(CC(=O)NCCOC1CN2CCCC2(COc2nc(N)c3cnc(-c4cc(O)cc5cccc(F)c45)c(F)c3n2)C1)NC1CC1. The molecule has 13 heteroatoms. The fourth-order valence-electron chi connectivity index (χ4n) is 7.26. The van der Waals surface area contributed by atoms with Gasteiger partial charge in [-0.3, -0.25) is 14.7 Å². The molecule has 4 aromatic rings. The molecule has 2 aromatic heterocycles. The van der Waals surface area contributed by atoms with Crippen molar-refractivity contribution in [2.75, 3.05) is 38.6 Å². The molecule has 1 amide bonds. The van der Waals surface area contributed by atoms with E-state index in [4.69, 9.17) is 15.2 Å². The lowest BCUT2D eigenvalue weighted by Gasteiger charge is -2.30. The normalized spacial score (nSPS) is 21.5. The molecule has 0 radical (unpaired) electrons. The van der Waals surface area contributed by atoms with Gasteiger partial charge in [0, 0.05) is 48.7 Å². The van der Waals surface area contributed by atoms with Gasteiger partial charge in [0.15, 0.2) is 5.82 Å². The minimum atomic E-state index is -0.826. The summed E-state index contributed by atoms with van der Waals surface area (Å²) >= 11 is 0. The molecular formula is C35H41F2N7O4. The number of rotatable bonds is 13. The predicted molar refractivity (Wildman–Crippen MR) is 178 cm³/mol. The Morgan fingerprint density at radius 1 is 1.25 bits per heavy atom. The number of benzene rings is 2. The smallest absolute Gasteiger partial charge is 0.319 e. The van der Waals surface area contributed by atoms with E-state index in [0.717, 1.165) is 38.8 Å². The number of amides is 1. The Morgan fingerprint density at radius 3 is 2.92 bits per heavy atom. The Morgan fingerprint density at radius 2 is 2.10 bits per heavy atom. The number of nitrogens with two attached hydrogens (primary N) is 1. The number of ether oxygens (including phenoxy) is 2. The number of nitrogens with one attached hydrogen (secondary N) is 2. The minimum Gasteiger partial charge on any atom is -0.508 e. The summed E-state index contributed by atoms with van der Waals surface area (Å²) in [6, 6.07) is 7.81. The fourth-order valence-corrected chi connectivity index (χ4v) is 7.26. The van der Waals surface area contributed by atoms with Crippen LogP contribution in [0.15, 0.2) is 36.5 Å². The monoisotopic (exact) mass is 661 g/mol. The summed E-state index contributed by atoms with van der Waals surface area (Å²) in [6.07, 6.45) is 7.76. The lowest BCUT2D eigenvalue weighted by Crippen LogP contribution is -2.43. The van der Waals surface area contributed by atoms with Crippen LogP contribution in [0.3, 0.4) is 0 Å². The predicted octanol–water partition coefficient (Wildman–Crippen LogP) is 4.45. The van der Waals surface area contributed by atoms with E-state index in [2.05, 4.69) is 37.4 Å². The standard InChI is InChI=1S/C35H41F2N7O4/c1-2-21(41-22-7-8-22)14-28(46)39-10-12-47-24-16-35(9-4-11-44(35)18-24)19-48-34-42-32-26(33(38)43-34)17-40-31(30(32)37)25-15-23(45)13-20-5-3-6-27(36)29(20)25/h3,5-6,13,15,17,21-22,24,41,45H,2,4,7-12,14,16,18-19H2,1H3,(H,39,46)(H2,38,42,43). The Bertz CT molecular complexity index is 1840. The van der Waals surface area contributed by atoms with Crippen LogP contribution in [-0.2, 0) is 9.53 Å². The quantitative estimate of drug-likeness (QED) is 0.152. The Balaban J connectivity index is 1.01. The second-order valence-electron chi connectivity index (χ2n) is 13.3. The van der Waals surface area contributed by atoms with Gasteiger partial charge in [0.05, 0.1) is 23.6 Å². The van der Waals surface area contributed by atoms with Crippen LogP contribution < -0.4 is 21.1 Å². The second kappa shape index (κ2) is 13.4. The van der Waals surface area contributed by atoms with Gasteiger partial charge in [0.25, 0.3) is 0 Å². The highest BCUT2D eigenvalue weighted by atomic mass is 19.1. The first-order valence-electron chi connectivity index (χ1n) is 16.8. The Labute approximate surface area is 277 Å². The first-order valence-corrected chi connectivity index (χ1v) is 16.8. The van der Waals surface area contributed by atoms with Crippen molar-refractivity contribution in [1.29, 1.82) is 0 Å². The summed E-state index contributed by atoms with van der Waals surface area (Å²) in [6.45, 7) is 4.90. The molecule has 2 saturated heterocycles. The lowest BCUT2D eigenvalue weighted by atomic mass is 9.94. The number of carbonyl (C=O) groups excluding carboxylic acids is 1. The van der Waals surface area contributed by atoms with E-state index in [1.807, 2.05) is 0 Å². The highest BCUT2D eigenvalue weighted by Crippen LogP contribution is 2.41. The molecule has 3 fully saturated rings. The second-order valence-corrected chi connectivity index (χ2v) is 13.3. The van der Waals surface area contributed by atoms with E-state index < -0.39 is 11.6 Å². The summed E-state index contributed by atoms with van der Waals surface area (Å²) in [4.78, 5) is 27.7. The van der Waals surface area contributed by atoms with Crippen LogP contribution >= 0.6 is 0 Å². The number of halogens is 2. The van der Waals surface area contributed by atoms with E-state index in [-0.39, 0.29) is 75.3 Å². The molecule has 4 heterocycles. The lowest BCUT2D eigenvalue weighted by molar-refractivity contribution is -0.122. The number of aromatic nitrogens is 3. The molecule has 48 heavy (non-hydrogen) atoms. The molecule has 2 aliphatic heterocycles. The zero-order valence-corrected chi connectivity index (χ0v) is 27.0. The highest BCUT2D eigenvalue weighted by Gasteiger charge is 2.49. The number of aromatic hydroxyl groups is 1. The molecule has 2 aromatic carbocycles. The number of nitrogen functional groups attached to an aromatic ring is 1. The zero-order valence-electron chi connectivity index (χ0n) is 27.0. The van der Waals surface area contributed by atoms with Gasteiger partial charge in [0.2, 0.25) is 5.91 Å². The molecule has 5 N–H and O–H groups in total. The fraction of sp³-hybridized carbons (Fsp3) is 0.486. The van der Waals surface area contributed by atoms with Gasteiger partial charge >= 0.3 is 6.01 Å². The van der Waals surface area contributed by atoms with E-state index in [1.54, 1.807) is 6.07 Å².